The molecule has 1 amide bonds. The van der Waals surface area contributed by atoms with Crippen molar-refractivity contribution in [2.75, 3.05) is 18.6 Å². The SMILES string of the molecule is COc1nccc(N2CCn3nc(COc4ccc(F)cc4)cc3C2=O)n1. The summed E-state index contributed by atoms with van der Waals surface area (Å²) in [4.78, 5) is 22.6. The minimum atomic E-state index is -0.327. The number of hydrogen-bond acceptors (Lipinski definition) is 6. The quantitative estimate of drug-likeness (QED) is 0.685. The number of amides is 1. The lowest BCUT2D eigenvalue weighted by atomic mass is 10.2. The van der Waals surface area contributed by atoms with Gasteiger partial charge in [-0.25, -0.2) is 9.37 Å². The van der Waals surface area contributed by atoms with Gasteiger partial charge >= 0.3 is 6.01 Å². The van der Waals surface area contributed by atoms with E-state index < -0.39 is 0 Å². The first-order valence-corrected chi connectivity index (χ1v) is 8.28. The van der Waals surface area contributed by atoms with E-state index in [1.54, 1.807) is 40.0 Å². The lowest BCUT2D eigenvalue weighted by molar-refractivity contribution is 0.0961. The predicted molar refractivity (Wildman–Crippen MR) is 93.2 cm³/mol. The molecule has 0 aliphatic carbocycles. The summed E-state index contributed by atoms with van der Waals surface area (Å²) >= 11 is 0. The molecule has 0 saturated carbocycles. The normalized spacial score (nSPS) is 13.4. The Balaban J connectivity index is 1.50. The number of fused-ring (bicyclic) bond motifs is 1. The second-order valence-corrected chi connectivity index (χ2v) is 5.84. The lowest BCUT2D eigenvalue weighted by Crippen LogP contribution is -2.41. The Morgan fingerprint density at radius 2 is 2.00 bits per heavy atom. The number of carbonyl (C=O) groups is 1. The third-order valence-corrected chi connectivity index (χ3v) is 4.11. The molecule has 1 aromatic carbocycles. The number of hydrogen-bond donors (Lipinski definition) is 0. The van der Waals surface area contributed by atoms with Crippen LogP contribution < -0.4 is 14.4 Å². The molecule has 27 heavy (non-hydrogen) atoms. The van der Waals surface area contributed by atoms with Crippen LogP contribution in [-0.2, 0) is 13.2 Å². The van der Waals surface area contributed by atoms with Gasteiger partial charge in [0, 0.05) is 12.7 Å². The molecule has 4 rings (SSSR count). The van der Waals surface area contributed by atoms with Crippen molar-refractivity contribution in [2.45, 2.75) is 13.2 Å². The Morgan fingerprint density at radius 3 is 2.78 bits per heavy atom. The van der Waals surface area contributed by atoms with Crippen LogP contribution in [-0.4, -0.2) is 39.3 Å². The Kier molecular flexibility index (Phi) is 4.41. The molecule has 0 atom stereocenters. The van der Waals surface area contributed by atoms with Crippen LogP contribution in [0.4, 0.5) is 10.2 Å². The molecule has 0 N–H and O–H groups in total. The average Bonchev–Trinajstić information content (AvgIpc) is 3.12. The summed E-state index contributed by atoms with van der Waals surface area (Å²) in [5, 5.41) is 4.41. The van der Waals surface area contributed by atoms with E-state index in [1.807, 2.05) is 0 Å². The maximum absolute atomic E-state index is 12.9. The molecule has 0 saturated heterocycles. The zero-order valence-corrected chi connectivity index (χ0v) is 14.5. The second-order valence-electron chi connectivity index (χ2n) is 5.84. The van der Waals surface area contributed by atoms with E-state index in [-0.39, 0.29) is 24.3 Å². The van der Waals surface area contributed by atoms with Gasteiger partial charge in [0.05, 0.1) is 13.7 Å². The maximum atomic E-state index is 12.9. The van der Waals surface area contributed by atoms with Crippen molar-refractivity contribution in [3.05, 3.63) is 59.8 Å². The van der Waals surface area contributed by atoms with Gasteiger partial charge in [-0.3, -0.25) is 14.4 Å². The summed E-state index contributed by atoms with van der Waals surface area (Å²) < 4.78 is 25.2. The highest BCUT2D eigenvalue weighted by atomic mass is 19.1. The monoisotopic (exact) mass is 369 g/mol. The number of nitrogens with zero attached hydrogens (tertiary/aromatic N) is 5. The number of rotatable bonds is 5. The van der Waals surface area contributed by atoms with Crippen LogP contribution in [0.25, 0.3) is 0 Å². The number of methoxy groups -OCH3 is 1. The van der Waals surface area contributed by atoms with E-state index in [4.69, 9.17) is 9.47 Å². The van der Waals surface area contributed by atoms with Crippen molar-refractivity contribution < 1.29 is 18.7 Å². The first kappa shape index (κ1) is 17.0. The molecule has 2 aromatic heterocycles. The first-order chi connectivity index (χ1) is 13.1. The number of anilines is 1. The maximum Gasteiger partial charge on any atom is 0.318 e. The topological polar surface area (TPSA) is 82.4 Å². The van der Waals surface area contributed by atoms with Crippen LogP contribution in [0, 0.1) is 5.82 Å². The van der Waals surface area contributed by atoms with Crippen molar-refractivity contribution in [1.82, 2.24) is 19.7 Å². The van der Waals surface area contributed by atoms with E-state index in [0.29, 0.717) is 36.0 Å². The summed E-state index contributed by atoms with van der Waals surface area (Å²) in [6.45, 7) is 1.15. The highest BCUT2D eigenvalue weighted by Crippen LogP contribution is 2.21. The van der Waals surface area contributed by atoms with E-state index in [1.165, 1.54) is 19.2 Å². The fourth-order valence-electron chi connectivity index (χ4n) is 2.80. The van der Waals surface area contributed by atoms with Crippen LogP contribution in [0.5, 0.6) is 11.8 Å². The average molecular weight is 369 g/mol. The lowest BCUT2D eigenvalue weighted by Gasteiger charge is -2.26. The largest absolute Gasteiger partial charge is 0.487 e. The molecule has 0 bridgehead atoms. The number of aromatic nitrogens is 4. The minimum absolute atomic E-state index is 0.181. The van der Waals surface area contributed by atoms with Gasteiger partial charge in [-0.1, -0.05) is 0 Å². The summed E-state index contributed by atoms with van der Waals surface area (Å²) in [5.41, 5.74) is 1.07. The zero-order valence-electron chi connectivity index (χ0n) is 14.5. The molecular formula is C18H16FN5O3. The number of ether oxygens (including phenoxy) is 2. The molecule has 8 nitrogen and oxygen atoms in total. The highest BCUT2D eigenvalue weighted by Gasteiger charge is 2.28. The molecule has 0 radical (unpaired) electrons. The van der Waals surface area contributed by atoms with Gasteiger partial charge in [0.2, 0.25) is 0 Å². The Morgan fingerprint density at radius 1 is 1.19 bits per heavy atom. The Hall–Kier alpha value is -3.49. The fourth-order valence-corrected chi connectivity index (χ4v) is 2.80. The van der Waals surface area contributed by atoms with Gasteiger partial charge in [-0.2, -0.15) is 10.1 Å². The van der Waals surface area contributed by atoms with Crippen molar-refractivity contribution >= 4 is 11.7 Å². The van der Waals surface area contributed by atoms with Gasteiger partial charge < -0.3 is 9.47 Å². The van der Waals surface area contributed by atoms with Crippen LogP contribution in [0.3, 0.4) is 0 Å². The fraction of sp³-hybridized carbons (Fsp3) is 0.222. The molecule has 3 heterocycles. The zero-order chi connectivity index (χ0) is 18.8. The van der Waals surface area contributed by atoms with Gasteiger partial charge in [0.15, 0.2) is 0 Å². The molecular weight excluding hydrogens is 353 g/mol. The summed E-state index contributed by atoms with van der Waals surface area (Å²) in [6, 6.07) is 9.28. The van der Waals surface area contributed by atoms with E-state index in [9.17, 15) is 9.18 Å². The van der Waals surface area contributed by atoms with Crippen LogP contribution in [0.2, 0.25) is 0 Å². The first-order valence-electron chi connectivity index (χ1n) is 8.28. The Bertz CT molecular complexity index is 973. The third-order valence-electron chi connectivity index (χ3n) is 4.11. The number of carbonyl (C=O) groups excluding carboxylic acids is 1. The second kappa shape index (κ2) is 7.02. The van der Waals surface area contributed by atoms with Gasteiger partial charge in [0.25, 0.3) is 5.91 Å². The molecule has 0 spiro atoms. The van der Waals surface area contributed by atoms with Gasteiger partial charge in [0.1, 0.15) is 35.4 Å². The molecule has 9 heteroatoms. The highest BCUT2D eigenvalue weighted by molar-refractivity contribution is 6.05. The van der Waals surface area contributed by atoms with Crippen molar-refractivity contribution in [1.29, 1.82) is 0 Å². The molecule has 138 valence electrons. The molecule has 0 unspecified atom stereocenters. The smallest absolute Gasteiger partial charge is 0.318 e. The van der Waals surface area contributed by atoms with Gasteiger partial charge in [-0.15, -0.1) is 0 Å². The van der Waals surface area contributed by atoms with E-state index >= 15 is 0 Å². The van der Waals surface area contributed by atoms with Gasteiger partial charge in [-0.05, 0) is 36.4 Å². The van der Waals surface area contributed by atoms with Crippen molar-refractivity contribution in [3.63, 3.8) is 0 Å². The van der Waals surface area contributed by atoms with E-state index in [0.717, 1.165) is 0 Å². The molecule has 1 aliphatic heterocycles. The summed E-state index contributed by atoms with van der Waals surface area (Å²) in [6.07, 6.45) is 1.54. The minimum Gasteiger partial charge on any atom is -0.487 e. The number of halogens is 1. The molecule has 1 aliphatic rings. The van der Waals surface area contributed by atoms with Crippen LogP contribution >= 0.6 is 0 Å². The van der Waals surface area contributed by atoms with Crippen LogP contribution in [0.15, 0.2) is 42.6 Å². The third kappa shape index (κ3) is 3.43. The molecule has 0 fully saturated rings. The van der Waals surface area contributed by atoms with Crippen LogP contribution in [0.1, 0.15) is 16.2 Å². The molecule has 3 aromatic rings. The van der Waals surface area contributed by atoms with Crippen molar-refractivity contribution in [3.8, 4) is 11.8 Å². The number of benzene rings is 1. The van der Waals surface area contributed by atoms with Crippen molar-refractivity contribution in [2.24, 2.45) is 0 Å². The Labute approximate surface area is 154 Å². The standard InChI is InChI=1S/C18H16FN5O3/c1-26-18-20-7-6-16(21-18)23-8-9-24-15(17(23)25)10-13(22-24)11-27-14-4-2-12(19)3-5-14/h2-7,10H,8-9,11H2,1H3. The summed E-state index contributed by atoms with van der Waals surface area (Å²) in [7, 11) is 1.47. The predicted octanol–water partition coefficient (Wildman–Crippen LogP) is 2.06. The van der Waals surface area contributed by atoms with E-state index in [2.05, 4.69) is 15.1 Å². The summed E-state index contributed by atoms with van der Waals surface area (Å²) in [5.74, 6) is 0.473.